The summed E-state index contributed by atoms with van der Waals surface area (Å²) in [6.07, 6.45) is 5.83. The fraction of sp³-hybridized carbons (Fsp3) is 0.308. The Bertz CT molecular complexity index is 1250. The minimum absolute atomic E-state index is 0.0391. The molecule has 2 aliphatic heterocycles. The quantitative estimate of drug-likeness (QED) is 0.508. The van der Waals surface area contributed by atoms with E-state index in [2.05, 4.69) is 5.32 Å². The number of halogens is 3. The van der Waals surface area contributed by atoms with Crippen LogP contribution in [0.4, 0.5) is 4.39 Å². The van der Waals surface area contributed by atoms with E-state index >= 15 is 0 Å². The average Bonchev–Trinajstić information content (AvgIpc) is 3.09. The van der Waals surface area contributed by atoms with Crippen molar-refractivity contribution in [2.75, 3.05) is 26.2 Å². The van der Waals surface area contributed by atoms with Crippen LogP contribution in [0.3, 0.4) is 0 Å². The van der Waals surface area contributed by atoms with Crippen molar-refractivity contribution in [2.45, 2.75) is 25.7 Å². The molecule has 1 fully saturated rings. The van der Waals surface area contributed by atoms with E-state index in [0.717, 1.165) is 54.7 Å². The number of hydrogen-bond donors (Lipinski definition) is 1. The lowest BCUT2D eigenvalue weighted by atomic mass is 10.0. The minimum atomic E-state index is -0.283. The Hall–Kier alpha value is -2.67. The Morgan fingerprint density at radius 3 is 2.56 bits per heavy atom. The normalized spacial score (nSPS) is 17.5. The van der Waals surface area contributed by atoms with Gasteiger partial charge >= 0.3 is 0 Å². The molecule has 0 radical (unpaired) electrons. The molecule has 5 rings (SSSR count). The van der Waals surface area contributed by atoms with Gasteiger partial charge in [-0.15, -0.1) is 0 Å². The second-order valence-corrected chi connectivity index (χ2v) is 9.53. The van der Waals surface area contributed by atoms with Gasteiger partial charge in [-0.3, -0.25) is 4.79 Å². The summed E-state index contributed by atoms with van der Waals surface area (Å²) >= 11 is 12.7. The topological polar surface area (TPSA) is 50.2 Å². The van der Waals surface area contributed by atoms with Crippen LogP contribution in [-0.2, 0) is 6.42 Å². The first-order chi connectivity index (χ1) is 16.5. The first-order valence-electron chi connectivity index (χ1n) is 11.5. The summed E-state index contributed by atoms with van der Waals surface area (Å²) in [5.41, 5.74) is 4.70. The number of likely N-dealkylation sites (tertiary alicyclic amines) is 1. The number of benzene rings is 2. The summed E-state index contributed by atoms with van der Waals surface area (Å²) in [5.74, 6) is -0.322. The molecule has 2 aliphatic rings. The van der Waals surface area contributed by atoms with Gasteiger partial charge in [-0.05, 0) is 79.8 Å². The van der Waals surface area contributed by atoms with Crippen LogP contribution in [0.5, 0.6) is 0 Å². The molecule has 5 nitrogen and oxygen atoms in total. The molecule has 3 heterocycles. The van der Waals surface area contributed by atoms with Gasteiger partial charge in [0.2, 0.25) is 0 Å². The van der Waals surface area contributed by atoms with Crippen LogP contribution in [0, 0.1) is 5.82 Å². The van der Waals surface area contributed by atoms with E-state index in [1.165, 1.54) is 12.1 Å². The molecule has 1 amide bonds. The lowest BCUT2D eigenvalue weighted by molar-refractivity contribution is 0.0717. The SMILES string of the molecule is O=C(c1nn(-c2ccc(Cl)cc2Cl)c2c1CCNCC2=Cc1ccc(F)cc1)N1CCCCC1. The van der Waals surface area contributed by atoms with Crippen molar-refractivity contribution in [2.24, 2.45) is 0 Å². The van der Waals surface area contributed by atoms with Crippen molar-refractivity contribution < 1.29 is 9.18 Å². The highest BCUT2D eigenvalue weighted by Crippen LogP contribution is 2.33. The van der Waals surface area contributed by atoms with Gasteiger partial charge in [-0.1, -0.05) is 35.3 Å². The molecule has 0 spiro atoms. The fourth-order valence-corrected chi connectivity index (χ4v) is 5.15. The maximum Gasteiger partial charge on any atom is 0.274 e. The highest BCUT2D eigenvalue weighted by Gasteiger charge is 2.30. The van der Waals surface area contributed by atoms with E-state index in [-0.39, 0.29) is 11.7 Å². The molecule has 3 aromatic rings. The third kappa shape index (κ3) is 4.63. The van der Waals surface area contributed by atoms with Gasteiger partial charge in [0.05, 0.1) is 16.4 Å². The Morgan fingerprint density at radius 2 is 1.82 bits per heavy atom. The van der Waals surface area contributed by atoms with Crippen molar-refractivity contribution in [3.05, 3.63) is 80.8 Å². The molecule has 1 saturated heterocycles. The number of nitrogens with one attached hydrogen (secondary N) is 1. The minimum Gasteiger partial charge on any atom is -0.337 e. The van der Waals surface area contributed by atoms with E-state index < -0.39 is 0 Å². The number of aromatic nitrogens is 2. The predicted octanol–water partition coefficient (Wildman–Crippen LogP) is 5.63. The average molecular weight is 499 g/mol. The number of carbonyl (C=O) groups is 1. The standard InChI is InChI=1S/C26H25Cl2FN4O/c27-19-6-9-23(22(28)15-19)33-25-18(14-17-4-7-20(29)8-5-17)16-30-11-10-21(25)24(31-33)26(34)32-12-2-1-3-13-32/h4-9,14-15,30H,1-3,10-13,16H2. The molecule has 8 heteroatoms. The van der Waals surface area contributed by atoms with Crippen molar-refractivity contribution in [3.8, 4) is 5.69 Å². The molecule has 0 atom stereocenters. The largest absolute Gasteiger partial charge is 0.337 e. The zero-order valence-electron chi connectivity index (χ0n) is 18.7. The Kier molecular flexibility index (Phi) is 6.73. The number of hydrogen-bond acceptors (Lipinski definition) is 3. The van der Waals surface area contributed by atoms with Gasteiger partial charge in [0.1, 0.15) is 5.82 Å². The summed E-state index contributed by atoms with van der Waals surface area (Å²) < 4.78 is 15.3. The van der Waals surface area contributed by atoms with Crippen LogP contribution in [0.15, 0.2) is 42.5 Å². The van der Waals surface area contributed by atoms with E-state index in [1.807, 2.05) is 17.0 Å². The molecule has 1 N–H and O–H groups in total. The molecule has 1 aromatic heterocycles. The number of fused-ring (bicyclic) bond motifs is 1. The van der Waals surface area contributed by atoms with Gasteiger partial charge in [0.15, 0.2) is 5.69 Å². The Labute approximate surface area is 208 Å². The van der Waals surface area contributed by atoms with E-state index in [1.54, 1.807) is 28.9 Å². The highest BCUT2D eigenvalue weighted by molar-refractivity contribution is 6.35. The Balaban J connectivity index is 1.69. The third-order valence-corrected chi connectivity index (χ3v) is 6.89. The van der Waals surface area contributed by atoms with Gasteiger partial charge in [0.25, 0.3) is 5.91 Å². The van der Waals surface area contributed by atoms with Crippen LogP contribution in [0.25, 0.3) is 17.3 Å². The van der Waals surface area contributed by atoms with Crippen LogP contribution in [-0.4, -0.2) is 46.8 Å². The number of nitrogens with zero attached hydrogens (tertiary/aromatic N) is 3. The van der Waals surface area contributed by atoms with Crippen molar-refractivity contribution in [1.29, 1.82) is 0 Å². The van der Waals surface area contributed by atoms with Crippen LogP contribution in [0.2, 0.25) is 10.0 Å². The van der Waals surface area contributed by atoms with Gasteiger partial charge < -0.3 is 10.2 Å². The third-order valence-electron chi connectivity index (χ3n) is 6.35. The molecule has 0 aliphatic carbocycles. The first kappa shape index (κ1) is 23.1. The summed E-state index contributed by atoms with van der Waals surface area (Å²) in [4.78, 5) is 15.5. The zero-order valence-corrected chi connectivity index (χ0v) is 20.2. The summed E-state index contributed by atoms with van der Waals surface area (Å²) in [6.45, 7) is 2.80. The van der Waals surface area contributed by atoms with Gasteiger partial charge in [0, 0.05) is 30.2 Å². The zero-order chi connectivity index (χ0) is 23.7. The maximum atomic E-state index is 13.6. The van der Waals surface area contributed by atoms with E-state index in [4.69, 9.17) is 28.3 Å². The lowest BCUT2D eigenvalue weighted by Crippen LogP contribution is -2.36. The molecule has 176 valence electrons. The maximum absolute atomic E-state index is 13.6. The summed E-state index contributed by atoms with van der Waals surface area (Å²) in [5, 5.41) is 9.27. The van der Waals surface area contributed by atoms with Crippen LogP contribution < -0.4 is 5.32 Å². The summed E-state index contributed by atoms with van der Waals surface area (Å²) in [6, 6.07) is 11.6. The van der Waals surface area contributed by atoms with Crippen molar-refractivity contribution in [1.82, 2.24) is 20.0 Å². The molecule has 0 bridgehead atoms. The van der Waals surface area contributed by atoms with Crippen molar-refractivity contribution in [3.63, 3.8) is 0 Å². The fourth-order valence-electron chi connectivity index (χ4n) is 4.66. The second kappa shape index (κ2) is 9.90. The highest BCUT2D eigenvalue weighted by atomic mass is 35.5. The van der Waals surface area contributed by atoms with Gasteiger partial charge in [-0.25, -0.2) is 9.07 Å². The molecule has 0 saturated carbocycles. The van der Waals surface area contributed by atoms with Gasteiger partial charge in [-0.2, -0.15) is 5.10 Å². The Morgan fingerprint density at radius 1 is 1.06 bits per heavy atom. The number of piperidine rings is 1. The first-order valence-corrected chi connectivity index (χ1v) is 12.3. The number of rotatable bonds is 3. The van der Waals surface area contributed by atoms with Crippen LogP contribution >= 0.6 is 23.2 Å². The monoisotopic (exact) mass is 498 g/mol. The second-order valence-electron chi connectivity index (χ2n) is 8.68. The van der Waals surface area contributed by atoms with E-state index in [0.29, 0.717) is 40.9 Å². The van der Waals surface area contributed by atoms with Crippen LogP contribution in [0.1, 0.15) is 46.6 Å². The number of amides is 1. The molecular weight excluding hydrogens is 474 g/mol. The molecule has 34 heavy (non-hydrogen) atoms. The molecular formula is C26H25Cl2FN4O. The molecule has 0 unspecified atom stereocenters. The molecule has 2 aromatic carbocycles. The smallest absolute Gasteiger partial charge is 0.274 e. The summed E-state index contributed by atoms with van der Waals surface area (Å²) in [7, 11) is 0. The lowest BCUT2D eigenvalue weighted by Gasteiger charge is -2.26. The number of carbonyl (C=O) groups excluding carboxylic acids is 1. The van der Waals surface area contributed by atoms with E-state index in [9.17, 15) is 9.18 Å². The predicted molar refractivity (Wildman–Crippen MR) is 134 cm³/mol. The van der Waals surface area contributed by atoms with Crippen molar-refractivity contribution >= 4 is 40.8 Å².